The van der Waals surface area contributed by atoms with E-state index in [2.05, 4.69) is 0 Å². The van der Waals surface area contributed by atoms with E-state index in [9.17, 15) is 9.90 Å². The van der Waals surface area contributed by atoms with Gasteiger partial charge in [-0.15, -0.1) is 0 Å². The first-order valence-electron chi connectivity index (χ1n) is 7.59. The van der Waals surface area contributed by atoms with Crippen LogP contribution in [0.25, 0.3) is 0 Å². The van der Waals surface area contributed by atoms with Crippen LogP contribution in [-0.2, 0) is 17.6 Å². The number of aryl methyl sites for hydroxylation is 2. The quantitative estimate of drug-likeness (QED) is 0.838. The van der Waals surface area contributed by atoms with E-state index in [1.807, 2.05) is 55.5 Å². The van der Waals surface area contributed by atoms with Crippen molar-refractivity contribution in [1.29, 1.82) is 0 Å². The molecule has 0 aromatic heterocycles. The second-order valence-electron chi connectivity index (χ2n) is 5.34. The van der Waals surface area contributed by atoms with Crippen LogP contribution in [0, 0.1) is 0 Å². The van der Waals surface area contributed by atoms with Crippen LogP contribution < -0.4 is 4.74 Å². The molecule has 0 aliphatic carbocycles. The maximum Gasteiger partial charge on any atom is 0.310 e. The van der Waals surface area contributed by atoms with Gasteiger partial charge in [-0.05, 0) is 42.0 Å². The first kappa shape index (κ1) is 16.1. The number of aliphatic carboxylic acids is 1. The highest BCUT2D eigenvalue weighted by Gasteiger charge is 2.20. The molecule has 0 aliphatic heterocycles. The van der Waals surface area contributed by atoms with Crippen LogP contribution in [0.1, 0.15) is 36.0 Å². The van der Waals surface area contributed by atoms with Gasteiger partial charge in [0.1, 0.15) is 5.75 Å². The summed E-state index contributed by atoms with van der Waals surface area (Å²) in [4.78, 5) is 11.6. The van der Waals surface area contributed by atoms with Crippen molar-refractivity contribution in [1.82, 2.24) is 0 Å². The highest BCUT2D eigenvalue weighted by atomic mass is 16.5. The minimum Gasteiger partial charge on any atom is -0.496 e. The van der Waals surface area contributed by atoms with E-state index in [-0.39, 0.29) is 0 Å². The van der Waals surface area contributed by atoms with Gasteiger partial charge < -0.3 is 9.84 Å². The summed E-state index contributed by atoms with van der Waals surface area (Å²) >= 11 is 0. The minimum atomic E-state index is -0.775. The Balaban J connectivity index is 2.19. The standard InChI is InChI=1S/C19H22O3/c1-3-15-13-16(10-12-18(15)22-2)17(19(20)21)11-9-14-7-5-4-6-8-14/h4-8,10,12-13,17H,3,9,11H2,1-2H3,(H,20,21). The molecule has 1 atom stereocenters. The average molecular weight is 298 g/mol. The number of rotatable bonds is 7. The monoisotopic (exact) mass is 298 g/mol. The smallest absolute Gasteiger partial charge is 0.310 e. The van der Waals surface area contributed by atoms with Gasteiger partial charge in [-0.25, -0.2) is 0 Å². The van der Waals surface area contributed by atoms with E-state index in [0.29, 0.717) is 6.42 Å². The van der Waals surface area contributed by atoms with Crippen LogP contribution in [0.5, 0.6) is 5.75 Å². The van der Waals surface area contributed by atoms with E-state index in [1.165, 1.54) is 0 Å². The van der Waals surface area contributed by atoms with Gasteiger partial charge in [-0.2, -0.15) is 0 Å². The Bertz CT molecular complexity index is 620. The molecule has 3 nitrogen and oxygen atoms in total. The van der Waals surface area contributed by atoms with Crippen molar-refractivity contribution in [2.45, 2.75) is 32.1 Å². The van der Waals surface area contributed by atoms with Gasteiger partial charge >= 0.3 is 5.97 Å². The van der Waals surface area contributed by atoms with Gasteiger partial charge in [-0.1, -0.05) is 49.4 Å². The summed E-state index contributed by atoms with van der Waals surface area (Å²) < 4.78 is 5.31. The predicted molar refractivity (Wildman–Crippen MR) is 87.5 cm³/mol. The Morgan fingerprint density at radius 1 is 1.18 bits per heavy atom. The Labute approximate surface area is 131 Å². The normalized spacial score (nSPS) is 11.9. The second kappa shape index (κ2) is 7.64. The first-order valence-corrected chi connectivity index (χ1v) is 7.59. The van der Waals surface area contributed by atoms with Crippen LogP contribution in [0.3, 0.4) is 0 Å². The van der Waals surface area contributed by atoms with Gasteiger partial charge in [0.15, 0.2) is 0 Å². The molecule has 0 amide bonds. The van der Waals surface area contributed by atoms with Gasteiger partial charge in [-0.3, -0.25) is 4.79 Å². The fraction of sp³-hybridized carbons (Fsp3) is 0.316. The van der Waals surface area contributed by atoms with E-state index < -0.39 is 11.9 Å². The summed E-state index contributed by atoms with van der Waals surface area (Å²) in [5.74, 6) is -0.446. The molecule has 2 aromatic rings. The largest absolute Gasteiger partial charge is 0.496 e. The zero-order chi connectivity index (χ0) is 15.9. The molecule has 0 aliphatic rings. The van der Waals surface area contributed by atoms with Gasteiger partial charge in [0, 0.05) is 0 Å². The highest BCUT2D eigenvalue weighted by molar-refractivity contribution is 5.76. The number of methoxy groups -OCH3 is 1. The van der Waals surface area contributed by atoms with Gasteiger partial charge in [0.2, 0.25) is 0 Å². The lowest BCUT2D eigenvalue weighted by molar-refractivity contribution is -0.138. The Kier molecular flexibility index (Phi) is 5.59. The number of ether oxygens (including phenoxy) is 1. The third-order valence-electron chi connectivity index (χ3n) is 3.95. The maximum absolute atomic E-state index is 11.6. The van der Waals surface area contributed by atoms with E-state index >= 15 is 0 Å². The SMILES string of the molecule is CCc1cc(C(CCc2ccccc2)C(=O)O)ccc1OC. The summed E-state index contributed by atoms with van der Waals surface area (Å²) in [5, 5.41) is 9.56. The summed E-state index contributed by atoms with van der Waals surface area (Å²) in [6.07, 6.45) is 2.17. The molecule has 0 radical (unpaired) electrons. The zero-order valence-corrected chi connectivity index (χ0v) is 13.1. The number of carboxylic acids is 1. The summed E-state index contributed by atoms with van der Waals surface area (Å²) in [6, 6.07) is 15.7. The minimum absolute atomic E-state index is 0.489. The topological polar surface area (TPSA) is 46.5 Å². The molecule has 3 heteroatoms. The lowest BCUT2D eigenvalue weighted by Gasteiger charge is -2.15. The molecule has 2 aromatic carbocycles. The van der Waals surface area contributed by atoms with Crippen molar-refractivity contribution in [3.8, 4) is 5.75 Å². The van der Waals surface area contributed by atoms with Crippen molar-refractivity contribution in [3.05, 3.63) is 65.2 Å². The Hall–Kier alpha value is -2.29. The fourth-order valence-corrected chi connectivity index (χ4v) is 2.68. The molecular weight excluding hydrogens is 276 g/mol. The van der Waals surface area contributed by atoms with Crippen LogP contribution >= 0.6 is 0 Å². The molecule has 116 valence electrons. The maximum atomic E-state index is 11.6. The van der Waals surface area contributed by atoms with Crippen molar-refractivity contribution in [3.63, 3.8) is 0 Å². The lowest BCUT2D eigenvalue weighted by atomic mass is 9.91. The number of hydrogen-bond acceptors (Lipinski definition) is 2. The van der Waals surface area contributed by atoms with Crippen molar-refractivity contribution >= 4 is 5.97 Å². The molecule has 22 heavy (non-hydrogen) atoms. The average Bonchev–Trinajstić information content (AvgIpc) is 2.55. The Morgan fingerprint density at radius 2 is 1.91 bits per heavy atom. The second-order valence-corrected chi connectivity index (χ2v) is 5.34. The zero-order valence-electron chi connectivity index (χ0n) is 13.1. The molecular formula is C19H22O3. The van der Waals surface area contributed by atoms with E-state index in [1.54, 1.807) is 7.11 Å². The van der Waals surface area contributed by atoms with Crippen LogP contribution in [0.15, 0.2) is 48.5 Å². The number of benzene rings is 2. The number of carbonyl (C=O) groups is 1. The summed E-state index contributed by atoms with van der Waals surface area (Å²) in [5.41, 5.74) is 3.06. The summed E-state index contributed by atoms with van der Waals surface area (Å²) in [7, 11) is 1.64. The molecule has 0 heterocycles. The van der Waals surface area contributed by atoms with E-state index in [4.69, 9.17) is 4.74 Å². The van der Waals surface area contributed by atoms with Crippen molar-refractivity contribution in [2.75, 3.05) is 7.11 Å². The molecule has 1 N–H and O–H groups in total. The highest BCUT2D eigenvalue weighted by Crippen LogP contribution is 2.28. The number of carboxylic acid groups (broad SMARTS) is 1. The van der Waals surface area contributed by atoms with Crippen molar-refractivity contribution in [2.24, 2.45) is 0 Å². The predicted octanol–water partition coefficient (Wildman–Crippen LogP) is 4.06. The molecule has 0 bridgehead atoms. The van der Waals surface area contributed by atoms with Crippen LogP contribution in [-0.4, -0.2) is 18.2 Å². The third kappa shape index (κ3) is 3.88. The Morgan fingerprint density at radius 3 is 2.50 bits per heavy atom. The summed E-state index contributed by atoms with van der Waals surface area (Å²) in [6.45, 7) is 2.04. The van der Waals surface area contributed by atoms with Crippen LogP contribution in [0.4, 0.5) is 0 Å². The van der Waals surface area contributed by atoms with Gasteiger partial charge in [0.05, 0.1) is 13.0 Å². The van der Waals surface area contributed by atoms with Crippen molar-refractivity contribution < 1.29 is 14.6 Å². The van der Waals surface area contributed by atoms with Gasteiger partial charge in [0.25, 0.3) is 0 Å². The molecule has 2 rings (SSSR count). The molecule has 1 unspecified atom stereocenters. The molecule has 0 spiro atoms. The number of hydrogen-bond donors (Lipinski definition) is 1. The first-order chi connectivity index (χ1) is 10.7. The van der Waals surface area contributed by atoms with E-state index in [0.717, 1.165) is 35.3 Å². The fourth-order valence-electron chi connectivity index (χ4n) is 2.68. The molecule has 0 saturated carbocycles. The lowest BCUT2D eigenvalue weighted by Crippen LogP contribution is -2.13. The third-order valence-corrected chi connectivity index (χ3v) is 3.95. The van der Waals surface area contributed by atoms with Crippen LogP contribution in [0.2, 0.25) is 0 Å². The molecule has 0 fully saturated rings. The molecule has 0 saturated heterocycles.